The van der Waals surface area contributed by atoms with Crippen LogP contribution < -0.4 is 0 Å². The maximum absolute atomic E-state index is 12.6. The van der Waals surface area contributed by atoms with E-state index in [9.17, 15) is 9.59 Å². The number of carboxylic acids is 1. The molecule has 1 amide bonds. The van der Waals surface area contributed by atoms with E-state index in [1.807, 2.05) is 6.07 Å². The first-order valence-corrected chi connectivity index (χ1v) is 7.23. The zero-order valence-electron chi connectivity index (χ0n) is 12.2. The zero-order valence-corrected chi connectivity index (χ0v) is 12.2. The molecular formula is C16H17NO5. The first kappa shape index (κ1) is 14.4. The third-order valence-electron chi connectivity index (χ3n) is 4.02. The minimum atomic E-state index is -1.19. The third-order valence-corrected chi connectivity index (χ3v) is 4.02. The van der Waals surface area contributed by atoms with Crippen LogP contribution in [-0.4, -0.2) is 28.4 Å². The van der Waals surface area contributed by atoms with Crippen LogP contribution in [-0.2, 0) is 0 Å². The summed E-state index contributed by atoms with van der Waals surface area (Å²) in [6.07, 6.45) is 3.30. The van der Waals surface area contributed by atoms with Crippen molar-refractivity contribution in [1.29, 1.82) is 0 Å². The summed E-state index contributed by atoms with van der Waals surface area (Å²) in [5.41, 5.74) is 0. The number of hydrogen-bond acceptors (Lipinski definition) is 4. The SMILES string of the molecule is C[C@H]1CCN(C(=O)c2ccc(C(=O)O)o2)[C@@H](c2ccco2)C1. The molecule has 1 N–H and O–H groups in total. The van der Waals surface area contributed by atoms with Crippen LogP contribution in [0.15, 0.2) is 39.4 Å². The van der Waals surface area contributed by atoms with E-state index in [1.54, 1.807) is 17.2 Å². The number of amides is 1. The van der Waals surface area contributed by atoms with Gasteiger partial charge in [0.1, 0.15) is 5.76 Å². The number of carboxylic acid groups (broad SMARTS) is 1. The number of nitrogens with zero attached hydrogens (tertiary/aromatic N) is 1. The molecule has 6 nitrogen and oxygen atoms in total. The Bertz CT molecular complexity index is 673. The molecule has 0 aliphatic carbocycles. The average molecular weight is 303 g/mol. The van der Waals surface area contributed by atoms with E-state index in [4.69, 9.17) is 13.9 Å². The Kier molecular flexibility index (Phi) is 3.75. The summed E-state index contributed by atoms with van der Waals surface area (Å²) < 4.78 is 10.6. The van der Waals surface area contributed by atoms with Gasteiger partial charge in [0.25, 0.3) is 5.91 Å². The van der Waals surface area contributed by atoms with Crippen molar-refractivity contribution >= 4 is 11.9 Å². The van der Waals surface area contributed by atoms with Crippen LogP contribution >= 0.6 is 0 Å². The molecule has 1 aliphatic rings. The lowest BCUT2D eigenvalue weighted by atomic mass is 9.91. The van der Waals surface area contributed by atoms with Crippen molar-refractivity contribution in [1.82, 2.24) is 4.90 Å². The Hall–Kier alpha value is -2.50. The summed E-state index contributed by atoms with van der Waals surface area (Å²) in [5.74, 6) is -0.447. The first-order chi connectivity index (χ1) is 10.6. The van der Waals surface area contributed by atoms with Gasteiger partial charge in [-0.1, -0.05) is 6.92 Å². The number of rotatable bonds is 3. The van der Waals surface area contributed by atoms with Crippen molar-refractivity contribution in [2.24, 2.45) is 5.92 Å². The van der Waals surface area contributed by atoms with Gasteiger partial charge in [-0.05, 0) is 43.0 Å². The van der Waals surface area contributed by atoms with E-state index in [1.165, 1.54) is 12.1 Å². The normalized spacial score (nSPS) is 21.8. The van der Waals surface area contributed by atoms with Crippen LogP contribution in [0.1, 0.15) is 52.7 Å². The maximum Gasteiger partial charge on any atom is 0.371 e. The summed E-state index contributed by atoms with van der Waals surface area (Å²) in [6, 6.07) is 6.21. The number of aromatic carboxylic acids is 1. The lowest BCUT2D eigenvalue weighted by molar-refractivity contribution is 0.0484. The Balaban J connectivity index is 1.86. The second-order valence-corrected chi connectivity index (χ2v) is 5.63. The van der Waals surface area contributed by atoms with Gasteiger partial charge in [0, 0.05) is 6.54 Å². The lowest BCUT2D eigenvalue weighted by Crippen LogP contribution is -2.40. The van der Waals surface area contributed by atoms with E-state index >= 15 is 0 Å². The first-order valence-electron chi connectivity index (χ1n) is 7.23. The second-order valence-electron chi connectivity index (χ2n) is 5.63. The highest BCUT2D eigenvalue weighted by Crippen LogP contribution is 2.35. The molecule has 0 spiro atoms. The highest BCUT2D eigenvalue weighted by atomic mass is 16.4. The monoisotopic (exact) mass is 303 g/mol. The summed E-state index contributed by atoms with van der Waals surface area (Å²) in [6.45, 7) is 2.74. The predicted octanol–water partition coefficient (Wildman–Crippen LogP) is 3.18. The van der Waals surface area contributed by atoms with Crippen molar-refractivity contribution in [2.75, 3.05) is 6.54 Å². The maximum atomic E-state index is 12.6. The van der Waals surface area contributed by atoms with Crippen molar-refractivity contribution in [3.8, 4) is 0 Å². The minimum absolute atomic E-state index is 0.0449. The Labute approximate surface area is 127 Å². The lowest BCUT2D eigenvalue weighted by Gasteiger charge is -2.36. The molecule has 0 saturated carbocycles. The Morgan fingerprint density at radius 2 is 2.05 bits per heavy atom. The van der Waals surface area contributed by atoms with Crippen LogP contribution in [0.3, 0.4) is 0 Å². The number of carbonyl (C=O) groups is 2. The van der Waals surface area contributed by atoms with Crippen LogP contribution in [0, 0.1) is 5.92 Å². The molecule has 3 rings (SSSR count). The molecule has 1 fully saturated rings. The Morgan fingerprint density at radius 1 is 1.27 bits per heavy atom. The number of likely N-dealkylation sites (tertiary alicyclic amines) is 1. The summed E-state index contributed by atoms with van der Waals surface area (Å²) >= 11 is 0. The number of hydrogen-bond donors (Lipinski definition) is 1. The molecule has 0 aromatic carbocycles. The van der Waals surface area contributed by atoms with Gasteiger partial charge in [-0.2, -0.15) is 0 Å². The molecule has 6 heteroatoms. The van der Waals surface area contributed by atoms with E-state index in [0.717, 1.165) is 18.6 Å². The van der Waals surface area contributed by atoms with Gasteiger partial charge in [0.15, 0.2) is 5.76 Å². The summed E-state index contributed by atoms with van der Waals surface area (Å²) in [5, 5.41) is 8.89. The van der Waals surface area contributed by atoms with Crippen molar-refractivity contribution in [3.63, 3.8) is 0 Å². The predicted molar refractivity (Wildman–Crippen MR) is 76.6 cm³/mol. The zero-order chi connectivity index (χ0) is 15.7. The highest BCUT2D eigenvalue weighted by Gasteiger charge is 2.34. The summed E-state index contributed by atoms with van der Waals surface area (Å²) in [4.78, 5) is 25.2. The molecular weight excluding hydrogens is 286 g/mol. The average Bonchev–Trinajstić information content (AvgIpc) is 3.18. The molecule has 2 aromatic rings. The van der Waals surface area contributed by atoms with Crippen molar-refractivity contribution in [3.05, 3.63) is 47.8 Å². The van der Waals surface area contributed by atoms with Gasteiger partial charge in [0.2, 0.25) is 5.76 Å². The molecule has 116 valence electrons. The molecule has 0 unspecified atom stereocenters. The Morgan fingerprint density at radius 3 is 2.68 bits per heavy atom. The van der Waals surface area contributed by atoms with Crippen LogP contribution in [0.25, 0.3) is 0 Å². The van der Waals surface area contributed by atoms with Crippen LogP contribution in [0.5, 0.6) is 0 Å². The van der Waals surface area contributed by atoms with E-state index in [-0.39, 0.29) is 23.5 Å². The van der Waals surface area contributed by atoms with Gasteiger partial charge in [-0.25, -0.2) is 4.79 Å². The van der Waals surface area contributed by atoms with E-state index in [0.29, 0.717) is 12.5 Å². The molecule has 0 radical (unpaired) electrons. The molecule has 1 saturated heterocycles. The fraction of sp³-hybridized carbons (Fsp3) is 0.375. The number of furan rings is 2. The van der Waals surface area contributed by atoms with Gasteiger partial charge in [-0.15, -0.1) is 0 Å². The fourth-order valence-electron chi connectivity index (χ4n) is 2.84. The van der Waals surface area contributed by atoms with Gasteiger partial charge < -0.3 is 18.8 Å². The van der Waals surface area contributed by atoms with Gasteiger partial charge in [-0.3, -0.25) is 4.79 Å². The topological polar surface area (TPSA) is 83.9 Å². The molecule has 1 aliphatic heterocycles. The summed E-state index contributed by atoms with van der Waals surface area (Å²) in [7, 11) is 0. The third kappa shape index (κ3) is 2.64. The van der Waals surface area contributed by atoms with Crippen LogP contribution in [0.2, 0.25) is 0 Å². The number of carbonyl (C=O) groups excluding carboxylic acids is 1. The quantitative estimate of drug-likeness (QED) is 0.941. The van der Waals surface area contributed by atoms with Crippen LogP contribution in [0.4, 0.5) is 0 Å². The highest BCUT2D eigenvalue weighted by molar-refractivity contribution is 5.93. The molecule has 2 atom stereocenters. The van der Waals surface area contributed by atoms with E-state index in [2.05, 4.69) is 6.92 Å². The second kappa shape index (κ2) is 5.71. The largest absolute Gasteiger partial charge is 0.475 e. The molecule has 3 heterocycles. The molecule has 2 aromatic heterocycles. The van der Waals surface area contributed by atoms with Gasteiger partial charge in [0.05, 0.1) is 12.3 Å². The van der Waals surface area contributed by atoms with Crippen molar-refractivity contribution in [2.45, 2.75) is 25.8 Å². The standard InChI is InChI=1S/C16H17NO5/c1-10-6-7-17(11(9-10)12-3-2-8-21-12)15(18)13-4-5-14(22-13)16(19)20/h2-5,8,10-11H,6-7,9H2,1H3,(H,19,20)/t10-,11+/m0/s1. The van der Waals surface area contributed by atoms with E-state index < -0.39 is 5.97 Å². The minimum Gasteiger partial charge on any atom is -0.475 e. The molecule has 22 heavy (non-hydrogen) atoms. The molecule has 0 bridgehead atoms. The van der Waals surface area contributed by atoms with Gasteiger partial charge >= 0.3 is 5.97 Å². The number of piperidine rings is 1. The van der Waals surface area contributed by atoms with Crippen molar-refractivity contribution < 1.29 is 23.5 Å². The smallest absolute Gasteiger partial charge is 0.371 e. The fourth-order valence-corrected chi connectivity index (χ4v) is 2.84.